The molecule has 0 saturated heterocycles. The summed E-state index contributed by atoms with van der Waals surface area (Å²) in [6, 6.07) is 0. The summed E-state index contributed by atoms with van der Waals surface area (Å²) in [4.78, 5) is 7.87. The molecule has 2 aromatic rings. The highest BCUT2D eigenvalue weighted by Crippen LogP contribution is 2.14. The number of fused-ring (bicyclic) bond motifs is 1. The third kappa shape index (κ3) is 1.95. The topological polar surface area (TPSA) is 68.2 Å². The predicted octanol–water partition coefficient (Wildman–Crippen LogP) is 0.988. The van der Waals surface area contributed by atoms with Crippen LogP contribution in [-0.2, 0) is 0 Å². The first-order valence-corrected chi connectivity index (χ1v) is 4.28. The molecule has 0 atom stereocenters. The van der Waals surface area contributed by atoms with Crippen LogP contribution in [0.2, 0.25) is 0 Å². The van der Waals surface area contributed by atoms with Gasteiger partial charge in [0.1, 0.15) is 5.82 Å². The zero-order valence-corrected chi connectivity index (χ0v) is 7.69. The van der Waals surface area contributed by atoms with E-state index in [4.69, 9.17) is 5.73 Å². The molecule has 2 heterocycles. The second-order valence-electron chi connectivity index (χ2n) is 2.94. The van der Waals surface area contributed by atoms with Crippen LogP contribution in [0.3, 0.4) is 0 Å². The third-order valence-electron chi connectivity index (χ3n) is 1.82. The fourth-order valence-corrected chi connectivity index (χ4v) is 1.24. The molecule has 0 aliphatic heterocycles. The quantitative estimate of drug-likeness (QED) is 0.797. The van der Waals surface area contributed by atoms with Crippen LogP contribution < -0.4 is 11.1 Å². The van der Waals surface area contributed by atoms with E-state index in [1.807, 2.05) is 0 Å². The first-order valence-electron chi connectivity index (χ1n) is 4.28. The zero-order valence-electron chi connectivity index (χ0n) is 7.69. The van der Waals surface area contributed by atoms with Gasteiger partial charge in [-0.3, -0.25) is 0 Å². The lowest BCUT2D eigenvalue weighted by Gasteiger charge is -2.06. The minimum absolute atomic E-state index is 0.247. The molecule has 0 amide bonds. The van der Waals surface area contributed by atoms with E-state index in [0.29, 0.717) is 5.65 Å². The second-order valence-corrected chi connectivity index (χ2v) is 2.94. The highest BCUT2D eigenvalue weighted by atomic mass is 19.3. The molecule has 0 radical (unpaired) electrons. The highest BCUT2D eigenvalue weighted by molar-refractivity contribution is 5.64. The lowest BCUT2D eigenvalue weighted by molar-refractivity contribution is 0.163. The van der Waals surface area contributed by atoms with Crippen LogP contribution >= 0.6 is 0 Å². The first kappa shape index (κ1) is 9.63. The Labute approximate surface area is 83.9 Å². The molecular weight excluding hydrogens is 204 g/mol. The lowest BCUT2D eigenvalue weighted by Crippen LogP contribution is -2.13. The maximum Gasteiger partial charge on any atom is 0.255 e. The Morgan fingerprint density at radius 2 is 2.33 bits per heavy atom. The summed E-state index contributed by atoms with van der Waals surface area (Å²) in [5, 5.41) is 2.49. The van der Waals surface area contributed by atoms with Gasteiger partial charge in [-0.05, 0) is 0 Å². The largest absolute Gasteiger partial charge is 0.382 e. The van der Waals surface area contributed by atoms with Crippen molar-refractivity contribution < 1.29 is 8.78 Å². The average Bonchev–Trinajstić information content (AvgIpc) is 2.61. The smallest absolute Gasteiger partial charge is 0.255 e. The van der Waals surface area contributed by atoms with Crippen LogP contribution in [0, 0.1) is 0 Å². The summed E-state index contributed by atoms with van der Waals surface area (Å²) in [5.74, 6) is 0.512. The minimum atomic E-state index is -2.44. The number of nitrogens with one attached hydrogen (secondary N) is 1. The summed E-state index contributed by atoms with van der Waals surface area (Å²) in [6.45, 7) is -0.473. The van der Waals surface area contributed by atoms with Gasteiger partial charge in [-0.1, -0.05) is 0 Å². The number of aromatic nitrogens is 3. The molecule has 7 heteroatoms. The van der Waals surface area contributed by atoms with E-state index in [0.717, 1.165) is 0 Å². The Hall–Kier alpha value is -1.92. The monoisotopic (exact) mass is 213 g/mol. The second kappa shape index (κ2) is 3.68. The van der Waals surface area contributed by atoms with Gasteiger partial charge in [0.05, 0.1) is 12.7 Å². The van der Waals surface area contributed by atoms with Crippen molar-refractivity contribution in [3.05, 3.63) is 18.6 Å². The van der Waals surface area contributed by atoms with Gasteiger partial charge < -0.3 is 15.5 Å². The van der Waals surface area contributed by atoms with Crippen LogP contribution in [0.5, 0.6) is 0 Å². The molecule has 3 N–H and O–H groups in total. The molecule has 0 aliphatic rings. The summed E-state index contributed by atoms with van der Waals surface area (Å²) < 4.78 is 25.6. The van der Waals surface area contributed by atoms with Gasteiger partial charge in [0, 0.05) is 12.4 Å². The van der Waals surface area contributed by atoms with Crippen LogP contribution in [-0.4, -0.2) is 27.3 Å². The number of nitrogens with zero attached hydrogens (tertiary/aromatic N) is 3. The number of hydrogen-bond donors (Lipinski definition) is 2. The molecule has 0 fully saturated rings. The Morgan fingerprint density at radius 3 is 3.07 bits per heavy atom. The zero-order chi connectivity index (χ0) is 10.8. The Morgan fingerprint density at radius 1 is 1.53 bits per heavy atom. The molecule has 0 aliphatic carbocycles. The van der Waals surface area contributed by atoms with Crippen molar-refractivity contribution in [1.29, 1.82) is 0 Å². The summed E-state index contributed by atoms with van der Waals surface area (Å²) in [7, 11) is 0. The Balaban J connectivity index is 2.35. The molecule has 0 unspecified atom stereocenters. The van der Waals surface area contributed by atoms with Crippen LogP contribution in [0.4, 0.5) is 20.4 Å². The molecule has 2 aromatic heterocycles. The molecular formula is C8H9F2N5. The van der Waals surface area contributed by atoms with Crippen molar-refractivity contribution in [2.75, 3.05) is 17.6 Å². The Bertz CT molecular complexity index is 467. The standard InChI is InChI=1S/C8H9F2N5/c9-5(10)3-13-7-8-12-1-2-15(8)4-6(11)14-7/h1-2,4-5H,3,11H2,(H,13,14). The van der Waals surface area contributed by atoms with Crippen molar-refractivity contribution >= 4 is 17.3 Å². The van der Waals surface area contributed by atoms with E-state index in [1.54, 1.807) is 23.0 Å². The molecule has 15 heavy (non-hydrogen) atoms. The van der Waals surface area contributed by atoms with E-state index in [1.165, 1.54) is 0 Å². The molecule has 0 aromatic carbocycles. The lowest BCUT2D eigenvalue weighted by atomic mass is 10.5. The number of nitrogen functional groups attached to an aromatic ring is 1. The Kier molecular flexibility index (Phi) is 2.36. The summed E-state index contributed by atoms with van der Waals surface area (Å²) >= 11 is 0. The van der Waals surface area contributed by atoms with Gasteiger partial charge in [0.2, 0.25) is 0 Å². The van der Waals surface area contributed by atoms with Crippen molar-refractivity contribution in [2.24, 2.45) is 0 Å². The number of anilines is 2. The predicted molar refractivity (Wildman–Crippen MR) is 51.9 cm³/mol. The third-order valence-corrected chi connectivity index (χ3v) is 1.82. The highest BCUT2D eigenvalue weighted by Gasteiger charge is 2.08. The van der Waals surface area contributed by atoms with Crippen LogP contribution in [0.25, 0.3) is 5.65 Å². The SMILES string of the molecule is Nc1cn2ccnc2c(NCC(F)F)n1. The van der Waals surface area contributed by atoms with E-state index in [2.05, 4.69) is 15.3 Å². The van der Waals surface area contributed by atoms with Crippen molar-refractivity contribution in [3.63, 3.8) is 0 Å². The normalized spacial score (nSPS) is 11.1. The van der Waals surface area contributed by atoms with Gasteiger partial charge in [0.25, 0.3) is 6.43 Å². The molecule has 0 bridgehead atoms. The summed E-state index contributed by atoms with van der Waals surface area (Å²) in [6.07, 6.45) is 2.34. The van der Waals surface area contributed by atoms with Crippen molar-refractivity contribution in [2.45, 2.75) is 6.43 Å². The number of alkyl halides is 2. The average molecular weight is 213 g/mol. The van der Waals surface area contributed by atoms with Gasteiger partial charge in [0.15, 0.2) is 11.5 Å². The number of rotatable bonds is 3. The molecule has 5 nitrogen and oxygen atoms in total. The van der Waals surface area contributed by atoms with Crippen LogP contribution in [0.15, 0.2) is 18.6 Å². The van der Waals surface area contributed by atoms with Gasteiger partial charge in [-0.25, -0.2) is 18.7 Å². The van der Waals surface area contributed by atoms with Gasteiger partial charge >= 0.3 is 0 Å². The minimum Gasteiger partial charge on any atom is -0.382 e. The summed E-state index contributed by atoms with van der Waals surface area (Å²) in [5.41, 5.74) is 5.98. The molecule has 0 saturated carbocycles. The van der Waals surface area contributed by atoms with E-state index < -0.39 is 13.0 Å². The number of hydrogen-bond acceptors (Lipinski definition) is 4. The number of nitrogens with two attached hydrogens (primary N) is 1. The van der Waals surface area contributed by atoms with Gasteiger partial charge in [-0.2, -0.15) is 0 Å². The van der Waals surface area contributed by atoms with Crippen molar-refractivity contribution in [1.82, 2.24) is 14.4 Å². The molecule has 80 valence electrons. The number of imidazole rings is 1. The molecule has 0 spiro atoms. The van der Waals surface area contributed by atoms with Crippen LogP contribution in [0.1, 0.15) is 0 Å². The van der Waals surface area contributed by atoms with Crippen molar-refractivity contribution in [3.8, 4) is 0 Å². The first-order chi connectivity index (χ1) is 7.16. The van der Waals surface area contributed by atoms with E-state index in [9.17, 15) is 8.78 Å². The maximum atomic E-state index is 12.0. The number of halogens is 2. The van der Waals surface area contributed by atoms with E-state index >= 15 is 0 Å². The maximum absolute atomic E-state index is 12.0. The molecule has 2 rings (SSSR count). The van der Waals surface area contributed by atoms with Gasteiger partial charge in [-0.15, -0.1) is 0 Å². The fourth-order valence-electron chi connectivity index (χ4n) is 1.24. The van der Waals surface area contributed by atoms with E-state index in [-0.39, 0.29) is 11.6 Å². The fraction of sp³-hybridized carbons (Fsp3) is 0.250.